The fourth-order valence-electron chi connectivity index (χ4n) is 3.61. The molecule has 0 aromatic heterocycles. The summed E-state index contributed by atoms with van der Waals surface area (Å²) in [6, 6.07) is 0. The van der Waals surface area contributed by atoms with Crippen LogP contribution in [0, 0.1) is 11.8 Å². The number of ether oxygens (including phenoxy) is 3. The summed E-state index contributed by atoms with van der Waals surface area (Å²) in [6.45, 7) is 7.14. The van der Waals surface area contributed by atoms with Crippen molar-refractivity contribution in [3.05, 3.63) is 11.1 Å². The molecule has 21 heavy (non-hydrogen) atoms. The van der Waals surface area contributed by atoms with Crippen LogP contribution in [0.1, 0.15) is 52.9 Å². The summed E-state index contributed by atoms with van der Waals surface area (Å²) in [7, 11) is 1.45. The van der Waals surface area contributed by atoms with Crippen molar-refractivity contribution in [1.82, 2.24) is 0 Å². The fourth-order valence-corrected chi connectivity index (χ4v) is 3.61. The predicted molar refractivity (Wildman–Crippen MR) is 80.7 cm³/mol. The van der Waals surface area contributed by atoms with Crippen LogP contribution in [-0.2, 0) is 19.0 Å². The topological polar surface area (TPSA) is 44.8 Å². The molecule has 1 heterocycles. The molecule has 0 bridgehead atoms. The van der Waals surface area contributed by atoms with E-state index >= 15 is 0 Å². The molecule has 0 amide bonds. The molecule has 120 valence electrons. The van der Waals surface area contributed by atoms with E-state index in [4.69, 9.17) is 14.2 Å². The number of fused-ring (bicyclic) bond motifs is 1. The Bertz CT molecular complexity index is 402. The molecule has 0 radical (unpaired) electrons. The predicted octanol–water partition coefficient (Wildman–Crippen LogP) is 3.45. The molecule has 4 nitrogen and oxygen atoms in total. The molecule has 1 fully saturated rings. The maximum absolute atomic E-state index is 11.3. The van der Waals surface area contributed by atoms with E-state index in [0.717, 1.165) is 25.7 Å². The maximum atomic E-state index is 11.3. The number of carbonyl (C=O) groups excluding carboxylic acids is 1. The Morgan fingerprint density at radius 2 is 2.19 bits per heavy atom. The van der Waals surface area contributed by atoms with Crippen molar-refractivity contribution in [3.8, 4) is 0 Å². The molecule has 1 unspecified atom stereocenters. The Hall–Kier alpha value is -0.870. The van der Waals surface area contributed by atoms with Crippen LogP contribution in [0.4, 0.5) is 0 Å². The second-order valence-electron chi connectivity index (χ2n) is 6.28. The Morgan fingerprint density at radius 1 is 1.43 bits per heavy atom. The van der Waals surface area contributed by atoms with Gasteiger partial charge in [-0.3, -0.25) is 4.79 Å². The Kier molecular flexibility index (Phi) is 5.82. The van der Waals surface area contributed by atoms with Gasteiger partial charge in [0.05, 0.1) is 13.2 Å². The second-order valence-corrected chi connectivity index (χ2v) is 6.28. The van der Waals surface area contributed by atoms with E-state index < -0.39 is 0 Å². The molecule has 2 rings (SSSR count). The van der Waals surface area contributed by atoms with E-state index in [9.17, 15) is 4.79 Å². The molecular formula is C17H28O4. The van der Waals surface area contributed by atoms with Crippen LogP contribution in [-0.4, -0.2) is 32.1 Å². The zero-order valence-electron chi connectivity index (χ0n) is 13.7. The average Bonchev–Trinajstić information content (AvgIpc) is 2.85. The van der Waals surface area contributed by atoms with Crippen molar-refractivity contribution < 1.29 is 19.0 Å². The molecule has 0 aromatic carbocycles. The molecule has 0 spiro atoms. The number of allylic oxidation sites excluding steroid dienone is 1. The summed E-state index contributed by atoms with van der Waals surface area (Å²) in [4.78, 5) is 11.3. The van der Waals surface area contributed by atoms with E-state index in [-0.39, 0.29) is 12.3 Å². The van der Waals surface area contributed by atoms with Crippen molar-refractivity contribution >= 4 is 5.97 Å². The zero-order chi connectivity index (χ0) is 15.4. The summed E-state index contributed by atoms with van der Waals surface area (Å²) >= 11 is 0. The standard InChI is InChI=1S/C17H28O4/c1-5-20-17-10-13-9-14(12(3)8-15(13)21-17)11(2)6-7-16(18)19-4/h11,13,15,17H,5-10H2,1-4H3/t11-,13+,15+,17?/m0/s1. The lowest BCUT2D eigenvalue weighted by Crippen LogP contribution is -2.24. The average molecular weight is 296 g/mol. The van der Waals surface area contributed by atoms with E-state index in [0.29, 0.717) is 31.0 Å². The van der Waals surface area contributed by atoms with Gasteiger partial charge in [0.25, 0.3) is 0 Å². The summed E-state index contributed by atoms with van der Waals surface area (Å²) in [5, 5.41) is 0. The van der Waals surface area contributed by atoms with Crippen molar-refractivity contribution in [2.45, 2.75) is 65.3 Å². The van der Waals surface area contributed by atoms with E-state index in [1.807, 2.05) is 6.92 Å². The normalized spacial score (nSPS) is 30.2. The lowest BCUT2D eigenvalue weighted by atomic mass is 9.76. The molecule has 2 aliphatic rings. The zero-order valence-corrected chi connectivity index (χ0v) is 13.7. The van der Waals surface area contributed by atoms with Crippen LogP contribution >= 0.6 is 0 Å². The molecular weight excluding hydrogens is 268 g/mol. The van der Waals surface area contributed by atoms with Crippen molar-refractivity contribution in [2.75, 3.05) is 13.7 Å². The third-order valence-electron chi connectivity index (χ3n) is 4.84. The third-order valence-corrected chi connectivity index (χ3v) is 4.84. The first-order valence-electron chi connectivity index (χ1n) is 8.07. The van der Waals surface area contributed by atoms with Gasteiger partial charge in [0.1, 0.15) is 0 Å². The first-order valence-corrected chi connectivity index (χ1v) is 8.07. The van der Waals surface area contributed by atoms with Crippen LogP contribution in [0.2, 0.25) is 0 Å². The van der Waals surface area contributed by atoms with Gasteiger partial charge >= 0.3 is 5.97 Å². The molecule has 1 saturated heterocycles. The number of esters is 1. The van der Waals surface area contributed by atoms with Crippen molar-refractivity contribution in [2.24, 2.45) is 11.8 Å². The van der Waals surface area contributed by atoms with Gasteiger partial charge in [0.2, 0.25) is 0 Å². The molecule has 0 N–H and O–H groups in total. The Balaban J connectivity index is 1.92. The monoisotopic (exact) mass is 296 g/mol. The second kappa shape index (κ2) is 7.41. The van der Waals surface area contributed by atoms with E-state index in [1.54, 1.807) is 0 Å². The van der Waals surface area contributed by atoms with Crippen molar-refractivity contribution in [1.29, 1.82) is 0 Å². The molecule has 1 aliphatic heterocycles. The highest BCUT2D eigenvalue weighted by molar-refractivity contribution is 5.69. The van der Waals surface area contributed by atoms with E-state index in [2.05, 4.69) is 13.8 Å². The smallest absolute Gasteiger partial charge is 0.305 e. The van der Waals surface area contributed by atoms with Gasteiger partial charge in [0.15, 0.2) is 6.29 Å². The lowest BCUT2D eigenvalue weighted by molar-refractivity contribution is -0.140. The summed E-state index contributed by atoms with van der Waals surface area (Å²) in [5.74, 6) is 0.895. The highest BCUT2D eigenvalue weighted by Crippen LogP contribution is 2.43. The Labute approximate surface area is 127 Å². The quantitative estimate of drug-likeness (QED) is 0.556. The minimum Gasteiger partial charge on any atom is -0.469 e. The van der Waals surface area contributed by atoms with Crippen molar-refractivity contribution in [3.63, 3.8) is 0 Å². The van der Waals surface area contributed by atoms with Crippen LogP contribution < -0.4 is 0 Å². The van der Waals surface area contributed by atoms with Crippen LogP contribution in [0.5, 0.6) is 0 Å². The minimum atomic E-state index is -0.116. The number of hydrogen-bond acceptors (Lipinski definition) is 4. The van der Waals surface area contributed by atoms with Crippen LogP contribution in [0.25, 0.3) is 0 Å². The highest BCUT2D eigenvalue weighted by atomic mass is 16.7. The van der Waals surface area contributed by atoms with Gasteiger partial charge in [-0.05, 0) is 44.9 Å². The number of rotatable bonds is 6. The number of hydrogen-bond donors (Lipinski definition) is 0. The van der Waals surface area contributed by atoms with Gasteiger partial charge in [0, 0.05) is 19.4 Å². The van der Waals surface area contributed by atoms with Gasteiger partial charge in [-0.15, -0.1) is 0 Å². The third kappa shape index (κ3) is 4.07. The van der Waals surface area contributed by atoms with Crippen LogP contribution in [0.3, 0.4) is 0 Å². The summed E-state index contributed by atoms with van der Waals surface area (Å²) in [6.07, 6.45) is 4.75. The lowest BCUT2D eigenvalue weighted by Gasteiger charge is -2.30. The Morgan fingerprint density at radius 3 is 2.86 bits per heavy atom. The minimum absolute atomic E-state index is 0.0254. The molecule has 1 aliphatic carbocycles. The van der Waals surface area contributed by atoms with Gasteiger partial charge in [-0.2, -0.15) is 0 Å². The van der Waals surface area contributed by atoms with Gasteiger partial charge in [-0.1, -0.05) is 18.1 Å². The number of carbonyl (C=O) groups is 1. The molecule has 4 heteroatoms. The van der Waals surface area contributed by atoms with Gasteiger partial charge < -0.3 is 14.2 Å². The SMILES string of the molecule is CCOC1C[C@H]2CC([C@@H](C)CCC(=O)OC)=C(C)C[C@H]2O1. The van der Waals surface area contributed by atoms with E-state index in [1.165, 1.54) is 18.3 Å². The fraction of sp³-hybridized carbons (Fsp3) is 0.824. The highest BCUT2D eigenvalue weighted by Gasteiger charge is 2.39. The summed E-state index contributed by atoms with van der Waals surface area (Å²) in [5.41, 5.74) is 2.95. The molecule has 0 saturated carbocycles. The first kappa shape index (κ1) is 16.5. The maximum Gasteiger partial charge on any atom is 0.305 e. The largest absolute Gasteiger partial charge is 0.469 e. The van der Waals surface area contributed by atoms with Gasteiger partial charge in [-0.25, -0.2) is 0 Å². The first-order chi connectivity index (χ1) is 10.0. The molecule has 0 aromatic rings. The molecule has 4 atom stereocenters. The van der Waals surface area contributed by atoms with Crippen LogP contribution in [0.15, 0.2) is 11.1 Å². The number of methoxy groups -OCH3 is 1. The summed E-state index contributed by atoms with van der Waals surface area (Å²) < 4.78 is 16.3.